The minimum absolute atomic E-state index is 0.0664. The van der Waals surface area contributed by atoms with Crippen molar-refractivity contribution in [2.24, 2.45) is 5.73 Å². The molecule has 0 bridgehead atoms. The highest BCUT2D eigenvalue weighted by molar-refractivity contribution is 7.17. The lowest BCUT2D eigenvalue weighted by atomic mass is 9.96. The van der Waals surface area contributed by atoms with Gasteiger partial charge in [0.15, 0.2) is 0 Å². The lowest BCUT2D eigenvalue weighted by Gasteiger charge is -2.17. The van der Waals surface area contributed by atoms with Gasteiger partial charge in [0.2, 0.25) is 0 Å². The van der Waals surface area contributed by atoms with Crippen LogP contribution in [0.1, 0.15) is 25.8 Å². The van der Waals surface area contributed by atoms with Crippen LogP contribution < -0.4 is 5.73 Å². The summed E-state index contributed by atoms with van der Waals surface area (Å²) < 4.78 is 1.38. The fourth-order valence-electron chi connectivity index (χ4n) is 1.68. The van der Waals surface area contributed by atoms with Crippen LogP contribution in [0.25, 0.3) is 10.1 Å². The van der Waals surface area contributed by atoms with Crippen molar-refractivity contribution < 1.29 is 0 Å². The van der Waals surface area contributed by atoms with Crippen LogP contribution in [0.4, 0.5) is 0 Å². The molecule has 0 aliphatic rings. The Labute approximate surface area is 94.9 Å². The molecule has 80 valence electrons. The topological polar surface area (TPSA) is 26.0 Å². The summed E-state index contributed by atoms with van der Waals surface area (Å²) >= 11 is 1.82. The lowest BCUT2D eigenvalue weighted by molar-refractivity contribution is 0.478. The van der Waals surface area contributed by atoms with E-state index in [4.69, 9.17) is 5.73 Å². The van der Waals surface area contributed by atoms with Gasteiger partial charge in [-0.2, -0.15) is 0 Å². The molecule has 0 radical (unpaired) electrons. The fourth-order valence-corrected chi connectivity index (χ4v) is 2.68. The number of thiophene rings is 1. The zero-order valence-corrected chi connectivity index (χ0v) is 10.1. The average Bonchev–Trinajstić information content (AvgIpc) is 2.57. The van der Waals surface area contributed by atoms with Gasteiger partial charge < -0.3 is 5.73 Å². The minimum atomic E-state index is -0.0664. The summed E-state index contributed by atoms with van der Waals surface area (Å²) in [6.07, 6.45) is 2.11. The lowest BCUT2D eigenvalue weighted by Crippen LogP contribution is -2.32. The van der Waals surface area contributed by atoms with E-state index >= 15 is 0 Å². The van der Waals surface area contributed by atoms with Crippen LogP contribution in [0.5, 0.6) is 0 Å². The van der Waals surface area contributed by atoms with Gasteiger partial charge in [0, 0.05) is 10.2 Å². The molecular weight excluding hydrogens is 202 g/mol. The van der Waals surface area contributed by atoms with Crippen LogP contribution in [0, 0.1) is 0 Å². The Bertz CT molecular complexity index is 451. The van der Waals surface area contributed by atoms with Crippen LogP contribution in [0.2, 0.25) is 0 Å². The molecule has 0 unspecified atom stereocenters. The molecule has 0 fully saturated rings. The summed E-state index contributed by atoms with van der Waals surface area (Å²) in [7, 11) is 0. The molecule has 1 heterocycles. The number of fused-ring (bicyclic) bond motifs is 1. The van der Waals surface area contributed by atoms with E-state index in [2.05, 4.69) is 43.5 Å². The van der Waals surface area contributed by atoms with E-state index in [-0.39, 0.29) is 5.54 Å². The Hall–Kier alpha value is -0.860. The van der Waals surface area contributed by atoms with Crippen molar-refractivity contribution in [3.63, 3.8) is 0 Å². The van der Waals surface area contributed by atoms with Gasteiger partial charge in [-0.05, 0) is 49.1 Å². The SMILES string of the molecule is CC(C)(N)CCc1csc2ccccc12. The predicted octanol–water partition coefficient (Wildman–Crippen LogP) is 3.57. The van der Waals surface area contributed by atoms with Crippen LogP contribution >= 0.6 is 11.3 Å². The number of hydrogen-bond acceptors (Lipinski definition) is 2. The molecule has 0 saturated heterocycles. The maximum atomic E-state index is 6.00. The molecule has 0 saturated carbocycles. The molecule has 15 heavy (non-hydrogen) atoms. The van der Waals surface area contributed by atoms with Gasteiger partial charge in [0.25, 0.3) is 0 Å². The third-order valence-corrected chi connectivity index (χ3v) is 3.61. The van der Waals surface area contributed by atoms with Crippen LogP contribution in [-0.2, 0) is 6.42 Å². The molecular formula is C13H17NS. The monoisotopic (exact) mass is 219 g/mol. The van der Waals surface area contributed by atoms with Crippen LogP contribution in [0.3, 0.4) is 0 Å². The van der Waals surface area contributed by atoms with Gasteiger partial charge in [0.05, 0.1) is 0 Å². The van der Waals surface area contributed by atoms with E-state index in [1.165, 1.54) is 15.6 Å². The second-order valence-electron chi connectivity index (χ2n) is 4.75. The van der Waals surface area contributed by atoms with Crippen molar-refractivity contribution in [2.75, 3.05) is 0 Å². The van der Waals surface area contributed by atoms with Crippen molar-refractivity contribution in [1.82, 2.24) is 0 Å². The second kappa shape index (κ2) is 3.95. The smallest absolute Gasteiger partial charge is 0.0345 e. The Balaban J connectivity index is 2.22. The minimum Gasteiger partial charge on any atom is -0.326 e. The highest BCUT2D eigenvalue weighted by Gasteiger charge is 2.12. The van der Waals surface area contributed by atoms with E-state index < -0.39 is 0 Å². The summed E-state index contributed by atoms with van der Waals surface area (Å²) in [5, 5.41) is 3.66. The Morgan fingerprint density at radius 2 is 2.00 bits per heavy atom. The first-order valence-electron chi connectivity index (χ1n) is 5.30. The van der Waals surface area contributed by atoms with Gasteiger partial charge in [-0.1, -0.05) is 18.2 Å². The Kier molecular flexibility index (Phi) is 2.81. The van der Waals surface area contributed by atoms with E-state index in [1.54, 1.807) is 0 Å². The molecule has 1 nitrogen and oxygen atoms in total. The zero-order valence-electron chi connectivity index (χ0n) is 9.29. The molecule has 2 aromatic rings. The molecule has 0 aliphatic heterocycles. The molecule has 0 spiro atoms. The molecule has 2 heteroatoms. The summed E-state index contributed by atoms with van der Waals surface area (Å²) in [5.41, 5.74) is 7.37. The second-order valence-corrected chi connectivity index (χ2v) is 5.66. The molecule has 1 aromatic carbocycles. The van der Waals surface area contributed by atoms with Gasteiger partial charge >= 0.3 is 0 Å². The fraction of sp³-hybridized carbons (Fsp3) is 0.385. The first-order chi connectivity index (χ1) is 7.06. The number of nitrogens with two attached hydrogens (primary N) is 1. The summed E-state index contributed by atoms with van der Waals surface area (Å²) in [4.78, 5) is 0. The third kappa shape index (κ3) is 2.58. The first-order valence-corrected chi connectivity index (χ1v) is 6.18. The third-order valence-electron chi connectivity index (χ3n) is 2.60. The quantitative estimate of drug-likeness (QED) is 0.839. The molecule has 0 amide bonds. The van der Waals surface area contributed by atoms with E-state index in [0.717, 1.165) is 12.8 Å². The highest BCUT2D eigenvalue weighted by atomic mass is 32.1. The number of benzene rings is 1. The van der Waals surface area contributed by atoms with Gasteiger partial charge in [-0.15, -0.1) is 11.3 Å². The normalized spacial score (nSPS) is 12.2. The molecule has 0 atom stereocenters. The Morgan fingerprint density at radius 3 is 2.73 bits per heavy atom. The summed E-state index contributed by atoms with van der Waals surface area (Å²) in [6.45, 7) is 4.17. The highest BCUT2D eigenvalue weighted by Crippen LogP contribution is 2.27. The number of aryl methyl sites for hydroxylation is 1. The first kappa shape index (κ1) is 10.7. The largest absolute Gasteiger partial charge is 0.326 e. The van der Waals surface area contributed by atoms with Crippen molar-refractivity contribution in [1.29, 1.82) is 0 Å². The molecule has 1 aromatic heterocycles. The molecule has 2 rings (SSSR count). The van der Waals surface area contributed by atoms with E-state index in [9.17, 15) is 0 Å². The summed E-state index contributed by atoms with van der Waals surface area (Å²) in [6, 6.07) is 8.57. The van der Waals surface area contributed by atoms with Crippen molar-refractivity contribution in [3.8, 4) is 0 Å². The van der Waals surface area contributed by atoms with Crippen molar-refractivity contribution in [3.05, 3.63) is 35.2 Å². The molecule has 0 aliphatic carbocycles. The van der Waals surface area contributed by atoms with Crippen molar-refractivity contribution >= 4 is 21.4 Å². The van der Waals surface area contributed by atoms with E-state index in [0.29, 0.717) is 0 Å². The standard InChI is InChI=1S/C13H17NS/c1-13(2,14)8-7-10-9-15-12-6-4-3-5-11(10)12/h3-6,9H,7-8,14H2,1-2H3. The van der Waals surface area contributed by atoms with Gasteiger partial charge in [-0.25, -0.2) is 0 Å². The van der Waals surface area contributed by atoms with Crippen molar-refractivity contribution in [2.45, 2.75) is 32.2 Å². The maximum Gasteiger partial charge on any atom is 0.0345 e. The average molecular weight is 219 g/mol. The molecule has 2 N–H and O–H groups in total. The maximum absolute atomic E-state index is 6.00. The Morgan fingerprint density at radius 1 is 1.27 bits per heavy atom. The number of hydrogen-bond donors (Lipinski definition) is 1. The summed E-state index contributed by atoms with van der Waals surface area (Å²) in [5.74, 6) is 0. The number of rotatable bonds is 3. The van der Waals surface area contributed by atoms with E-state index in [1.807, 2.05) is 11.3 Å². The van der Waals surface area contributed by atoms with Crippen LogP contribution in [0.15, 0.2) is 29.6 Å². The van der Waals surface area contributed by atoms with Gasteiger partial charge in [-0.3, -0.25) is 0 Å². The van der Waals surface area contributed by atoms with Crippen LogP contribution in [-0.4, -0.2) is 5.54 Å². The predicted molar refractivity (Wildman–Crippen MR) is 68.4 cm³/mol. The van der Waals surface area contributed by atoms with Gasteiger partial charge in [0.1, 0.15) is 0 Å². The zero-order chi connectivity index (χ0) is 10.9.